The molecule has 0 aliphatic carbocycles. The van der Waals surface area contributed by atoms with E-state index in [-0.39, 0.29) is 5.41 Å². The number of nitrogens with one attached hydrogen (secondary N) is 1. The minimum absolute atomic E-state index is 0.225. The summed E-state index contributed by atoms with van der Waals surface area (Å²) in [4.78, 5) is 15.6. The Kier molecular flexibility index (Phi) is 6.28. The quantitative estimate of drug-likeness (QED) is 0.528. The molecule has 5 nitrogen and oxygen atoms in total. The molecule has 160 valence electrons. The van der Waals surface area contributed by atoms with Crippen molar-refractivity contribution in [2.75, 3.05) is 5.32 Å². The average molecular weight is 432 g/mol. The maximum absolute atomic E-state index is 4.71. The highest BCUT2D eigenvalue weighted by atomic mass is 32.2. The van der Waals surface area contributed by atoms with E-state index in [0.717, 1.165) is 23.4 Å². The van der Waals surface area contributed by atoms with Gasteiger partial charge in [0, 0.05) is 43.4 Å². The highest BCUT2D eigenvalue weighted by Crippen LogP contribution is 2.39. The fourth-order valence-electron chi connectivity index (χ4n) is 3.70. The lowest BCUT2D eigenvalue weighted by Gasteiger charge is -2.35. The van der Waals surface area contributed by atoms with Gasteiger partial charge < -0.3 is 10.2 Å². The number of hydrogen-bond acceptors (Lipinski definition) is 6. The van der Waals surface area contributed by atoms with Gasteiger partial charge in [0.25, 0.3) is 0 Å². The van der Waals surface area contributed by atoms with Gasteiger partial charge in [0.1, 0.15) is 0 Å². The number of thioether (sulfide) groups is 1. The van der Waals surface area contributed by atoms with Gasteiger partial charge >= 0.3 is 0 Å². The number of nitrogens with zero attached hydrogens (tertiary/aromatic N) is 4. The molecule has 1 unspecified atom stereocenters. The lowest BCUT2D eigenvalue weighted by Crippen LogP contribution is -2.35. The van der Waals surface area contributed by atoms with Crippen molar-refractivity contribution in [3.63, 3.8) is 0 Å². The standard InChI is InChI=1S/C25H29N5S/c1-18-15-20(5-6-21(18)17-30-13-14-31-23(30)25(2,3)4)22-9-12-27-24(29-22)28-16-19-7-10-26-11-8-19/h5-15,23H,16-17H2,1-4H3,(H,27,28,29). The van der Waals surface area contributed by atoms with Crippen molar-refractivity contribution in [1.82, 2.24) is 19.9 Å². The summed E-state index contributed by atoms with van der Waals surface area (Å²) in [7, 11) is 0. The van der Waals surface area contributed by atoms with Crippen LogP contribution < -0.4 is 5.32 Å². The summed E-state index contributed by atoms with van der Waals surface area (Å²) < 4.78 is 0. The van der Waals surface area contributed by atoms with E-state index >= 15 is 0 Å². The van der Waals surface area contributed by atoms with E-state index in [0.29, 0.717) is 17.9 Å². The van der Waals surface area contributed by atoms with Crippen LogP contribution in [0.5, 0.6) is 0 Å². The summed E-state index contributed by atoms with van der Waals surface area (Å²) in [6, 6.07) is 12.5. The molecule has 0 amide bonds. The Balaban J connectivity index is 1.47. The van der Waals surface area contributed by atoms with Gasteiger partial charge in [-0.3, -0.25) is 4.98 Å². The first-order chi connectivity index (χ1) is 14.9. The first-order valence-corrected chi connectivity index (χ1v) is 11.5. The first kappa shape index (κ1) is 21.4. The molecule has 31 heavy (non-hydrogen) atoms. The van der Waals surface area contributed by atoms with Crippen LogP contribution in [0.15, 0.2) is 66.6 Å². The van der Waals surface area contributed by atoms with Crippen LogP contribution in [0.2, 0.25) is 0 Å². The lowest BCUT2D eigenvalue weighted by molar-refractivity contribution is 0.220. The molecule has 0 spiro atoms. The molecule has 6 heteroatoms. The molecule has 0 saturated heterocycles. The van der Waals surface area contributed by atoms with Crippen LogP contribution in [0, 0.1) is 12.3 Å². The van der Waals surface area contributed by atoms with Crippen LogP contribution in [0.4, 0.5) is 5.95 Å². The second kappa shape index (κ2) is 9.10. The summed E-state index contributed by atoms with van der Waals surface area (Å²) >= 11 is 1.91. The molecule has 2 aromatic heterocycles. The Labute approximate surface area is 189 Å². The number of rotatable bonds is 6. The van der Waals surface area contributed by atoms with Crippen LogP contribution in [0.25, 0.3) is 11.3 Å². The van der Waals surface area contributed by atoms with Crippen molar-refractivity contribution in [2.45, 2.75) is 46.2 Å². The number of hydrogen-bond donors (Lipinski definition) is 1. The molecule has 1 aliphatic heterocycles. The summed E-state index contributed by atoms with van der Waals surface area (Å²) in [5.74, 6) is 0.628. The average Bonchev–Trinajstić information content (AvgIpc) is 3.24. The second-order valence-corrected chi connectivity index (χ2v) is 9.92. The summed E-state index contributed by atoms with van der Waals surface area (Å²) in [6.45, 7) is 10.7. The van der Waals surface area contributed by atoms with Crippen molar-refractivity contribution < 1.29 is 0 Å². The Bertz CT molecular complexity index is 1060. The number of benzene rings is 1. The maximum atomic E-state index is 4.71. The number of anilines is 1. The molecule has 1 N–H and O–H groups in total. The van der Waals surface area contributed by atoms with Gasteiger partial charge in [0.15, 0.2) is 0 Å². The van der Waals surface area contributed by atoms with Gasteiger partial charge in [0.05, 0.1) is 11.1 Å². The smallest absolute Gasteiger partial charge is 0.223 e. The van der Waals surface area contributed by atoms with Crippen molar-refractivity contribution in [3.05, 3.63) is 83.3 Å². The highest BCUT2D eigenvalue weighted by molar-refractivity contribution is 8.02. The molecule has 3 heterocycles. The predicted molar refractivity (Wildman–Crippen MR) is 129 cm³/mol. The third kappa shape index (κ3) is 5.25. The van der Waals surface area contributed by atoms with E-state index in [2.05, 4.69) is 77.7 Å². The topological polar surface area (TPSA) is 53.9 Å². The second-order valence-electron chi connectivity index (χ2n) is 8.93. The number of aryl methyl sites for hydroxylation is 1. The van der Waals surface area contributed by atoms with Crippen LogP contribution >= 0.6 is 11.8 Å². The van der Waals surface area contributed by atoms with E-state index in [1.54, 1.807) is 18.6 Å². The Morgan fingerprint density at radius 1 is 1.06 bits per heavy atom. The van der Waals surface area contributed by atoms with Gasteiger partial charge in [-0.25, -0.2) is 9.97 Å². The molecule has 4 rings (SSSR count). The molecule has 0 fully saturated rings. The van der Waals surface area contributed by atoms with Crippen LogP contribution in [0.3, 0.4) is 0 Å². The highest BCUT2D eigenvalue weighted by Gasteiger charge is 2.31. The van der Waals surface area contributed by atoms with E-state index in [1.807, 2.05) is 30.0 Å². The van der Waals surface area contributed by atoms with Crippen molar-refractivity contribution in [2.24, 2.45) is 5.41 Å². The zero-order chi connectivity index (χ0) is 21.8. The van der Waals surface area contributed by atoms with Crippen molar-refractivity contribution in [1.29, 1.82) is 0 Å². The molecule has 1 aliphatic rings. The Morgan fingerprint density at radius 2 is 1.87 bits per heavy atom. The minimum Gasteiger partial charge on any atom is -0.360 e. The summed E-state index contributed by atoms with van der Waals surface area (Å²) in [5.41, 5.74) is 6.02. The minimum atomic E-state index is 0.225. The molecule has 0 radical (unpaired) electrons. The maximum Gasteiger partial charge on any atom is 0.223 e. The van der Waals surface area contributed by atoms with Gasteiger partial charge in [0.2, 0.25) is 5.95 Å². The SMILES string of the molecule is Cc1cc(-c2ccnc(NCc3ccncc3)n2)ccc1CN1C=CSC1C(C)(C)C. The molecule has 3 aromatic rings. The first-order valence-electron chi connectivity index (χ1n) is 10.5. The molecule has 1 atom stereocenters. The number of aromatic nitrogens is 3. The van der Waals surface area contributed by atoms with Crippen molar-refractivity contribution >= 4 is 17.7 Å². The lowest BCUT2D eigenvalue weighted by atomic mass is 9.95. The van der Waals surface area contributed by atoms with Gasteiger partial charge in [-0.05, 0) is 58.7 Å². The fraction of sp³-hybridized carbons (Fsp3) is 0.320. The molecule has 0 bridgehead atoms. The third-order valence-electron chi connectivity index (χ3n) is 5.35. The van der Waals surface area contributed by atoms with Gasteiger partial charge in [-0.1, -0.05) is 32.9 Å². The number of pyridine rings is 1. The van der Waals surface area contributed by atoms with E-state index in [9.17, 15) is 0 Å². The van der Waals surface area contributed by atoms with E-state index in [4.69, 9.17) is 4.98 Å². The Hall–Kier alpha value is -2.86. The largest absolute Gasteiger partial charge is 0.360 e. The van der Waals surface area contributed by atoms with Crippen LogP contribution in [-0.2, 0) is 13.1 Å². The van der Waals surface area contributed by atoms with Crippen molar-refractivity contribution in [3.8, 4) is 11.3 Å². The van der Waals surface area contributed by atoms with E-state index < -0.39 is 0 Å². The molecular weight excluding hydrogens is 402 g/mol. The van der Waals surface area contributed by atoms with E-state index in [1.165, 1.54) is 11.1 Å². The summed E-state index contributed by atoms with van der Waals surface area (Å²) in [6.07, 6.45) is 7.61. The predicted octanol–water partition coefficient (Wildman–Crippen LogP) is 5.85. The van der Waals surface area contributed by atoms with Crippen LogP contribution in [-0.4, -0.2) is 25.2 Å². The Morgan fingerprint density at radius 3 is 2.61 bits per heavy atom. The normalized spacial score (nSPS) is 16.0. The van der Waals surface area contributed by atoms with Gasteiger partial charge in [-0.15, -0.1) is 11.8 Å². The molecule has 0 saturated carbocycles. The zero-order valence-electron chi connectivity index (χ0n) is 18.5. The monoisotopic (exact) mass is 431 g/mol. The molecular formula is C25H29N5S. The van der Waals surface area contributed by atoms with Crippen LogP contribution in [0.1, 0.15) is 37.5 Å². The summed E-state index contributed by atoms with van der Waals surface area (Å²) in [5, 5.41) is 5.97. The molecule has 1 aromatic carbocycles. The van der Waals surface area contributed by atoms with Gasteiger partial charge in [-0.2, -0.15) is 0 Å². The third-order valence-corrected chi connectivity index (χ3v) is 6.86. The zero-order valence-corrected chi connectivity index (χ0v) is 19.4. The fourth-order valence-corrected chi connectivity index (χ4v) is 4.78.